The Balaban J connectivity index is 2.05. The molecule has 1 aliphatic rings. The van der Waals surface area contributed by atoms with E-state index in [-0.39, 0.29) is 5.91 Å². The molecule has 0 bridgehead atoms. The Morgan fingerprint density at radius 2 is 2.24 bits per heavy atom. The first-order valence-corrected chi connectivity index (χ1v) is 8.02. The van der Waals surface area contributed by atoms with Gasteiger partial charge >= 0.3 is 0 Å². The number of amides is 1. The lowest BCUT2D eigenvalue weighted by Gasteiger charge is -2.28. The molecule has 1 saturated heterocycles. The van der Waals surface area contributed by atoms with Gasteiger partial charge < -0.3 is 15.2 Å². The number of likely N-dealkylation sites (N-methyl/N-ethyl adjacent to an activating group) is 2. The highest BCUT2D eigenvalue weighted by Gasteiger charge is 2.26. The van der Waals surface area contributed by atoms with Crippen LogP contribution in [0.5, 0.6) is 0 Å². The molecule has 0 spiro atoms. The molecule has 1 aromatic heterocycles. The molecule has 2 rings (SSSR count). The first-order chi connectivity index (χ1) is 10.1. The van der Waals surface area contributed by atoms with E-state index >= 15 is 0 Å². The molecule has 1 fully saturated rings. The summed E-state index contributed by atoms with van der Waals surface area (Å²) >= 11 is 0. The molecule has 1 unspecified atom stereocenters. The van der Waals surface area contributed by atoms with Crippen LogP contribution in [0, 0.1) is 0 Å². The molecule has 2 N–H and O–H groups in total. The van der Waals surface area contributed by atoms with Crippen molar-refractivity contribution in [1.82, 2.24) is 14.4 Å². The smallest absolute Gasteiger partial charge is 0.270 e. The third-order valence-electron chi connectivity index (χ3n) is 4.34. The Bertz CT molecular complexity index is 483. The second-order valence-electron chi connectivity index (χ2n) is 5.96. The van der Waals surface area contributed by atoms with Gasteiger partial charge in [-0.05, 0) is 38.4 Å². The molecule has 1 aliphatic heterocycles. The number of rotatable bonds is 6. The molecular weight excluding hydrogens is 264 g/mol. The van der Waals surface area contributed by atoms with Gasteiger partial charge in [-0.15, -0.1) is 0 Å². The van der Waals surface area contributed by atoms with Crippen molar-refractivity contribution < 1.29 is 4.79 Å². The zero-order chi connectivity index (χ0) is 15.4. The number of anilines is 1. The number of nitrogen functional groups attached to an aromatic ring is 1. The fraction of sp³-hybridized carbons (Fsp3) is 0.688. The minimum absolute atomic E-state index is 0.0723. The highest BCUT2D eigenvalue weighted by molar-refractivity contribution is 5.93. The van der Waals surface area contributed by atoms with Gasteiger partial charge in [-0.2, -0.15) is 0 Å². The van der Waals surface area contributed by atoms with Crippen molar-refractivity contribution in [3.63, 3.8) is 0 Å². The number of hydrogen-bond donors (Lipinski definition) is 1. The standard InChI is InChI=1S/C16H28N4O/c1-4-8-20-11-13(17)10-15(20)16(21)18(3)12-14-7-6-9-19(14)5-2/h10-11,14H,4-9,12,17H2,1-3H3. The Labute approximate surface area is 127 Å². The number of nitrogens with two attached hydrogens (primary N) is 1. The average Bonchev–Trinajstić information content (AvgIpc) is 3.04. The Hall–Kier alpha value is -1.49. The number of aryl methyl sites for hydroxylation is 1. The maximum Gasteiger partial charge on any atom is 0.270 e. The molecule has 5 heteroatoms. The van der Waals surface area contributed by atoms with E-state index in [1.54, 1.807) is 6.07 Å². The lowest BCUT2D eigenvalue weighted by atomic mass is 10.2. The molecule has 2 heterocycles. The van der Waals surface area contributed by atoms with Gasteiger partial charge in [0.1, 0.15) is 5.69 Å². The second kappa shape index (κ2) is 6.98. The van der Waals surface area contributed by atoms with Crippen LogP contribution in [0.3, 0.4) is 0 Å². The van der Waals surface area contributed by atoms with Crippen LogP contribution in [-0.2, 0) is 6.54 Å². The van der Waals surface area contributed by atoms with Crippen LogP contribution in [-0.4, -0.2) is 53.0 Å². The van der Waals surface area contributed by atoms with Crippen LogP contribution in [0.4, 0.5) is 5.69 Å². The van der Waals surface area contributed by atoms with Gasteiger partial charge in [0.2, 0.25) is 0 Å². The summed E-state index contributed by atoms with van der Waals surface area (Å²) in [5, 5.41) is 0. The fourth-order valence-electron chi connectivity index (χ4n) is 3.25. The highest BCUT2D eigenvalue weighted by Crippen LogP contribution is 2.19. The van der Waals surface area contributed by atoms with Crippen molar-refractivity contribution >= 4 is 11.6 Å². The van der Waals surface area contributed by atoms with E-state index in [1.807, 2.05) is 22.7 Å². The second-order valence-corrected chi connectivity index (χ2v) is 5.96. The Morgan fingerprint density at radius 1 is 1.48 bits per heavy atom. The molecule has 0 aromatic carbocycles. The Morgan fingerprint density at radius 3 is 2.90 bits per heavy atom. The SMILES string of the molecule is CCCn1cc(N)cc1C(=O)N(C)CC1CCCN1CC. The predicted molar refractivity (Wildman–Crippen MR) is 86.4 cm³/mol. The summed E-state index contributed by atoms with van der Waals surface area (Å²) in [4.78, 5) is 17.0. The van der Waals surface area contributed by atoms with Crippen LogP contribution in [0.2, 0.25) is 0 Å². The minimum Gasteiger partial charge on any atom is -0.397 e. The van der Waals surface area contributed by atoms with Gasteiger partial charge in [0.15, 0.2) is 0 Å². The summed E-state index contributed by atoms with van der Waals surface area (Å²) in [7, 11) is 1.90. The molecule has 0 aliphatic carbocycles. The molecule has 118 valence electrons. The summed E-state index contributed by atoms with van der Waals surface area (Å²) in [6.45, 7) is 8.13. The van der Waals surface area contributed by atoms with Crippen molar-refractivity contribution in [2.24, 2.45) is 0 Å². The number of carbonyl (C=O) groups is 1. The van der Waals surface area contributed by atoms with Gasteiger partial charge in [0, 0.05) is 32.4 Å². The van der Waals surface area contributed by atoms with E-state index in [2.05, 4.69) is 18.7 Å². The van der Waals surface area contributed by atoms with Gasteiger partial charge in [0.05, 0.1) is 5.69 Å². The lowest BCUT2D eigenvalue weighted by Crippen LogP contribution is -2.41. The highest BCUT2D eigenvalue weighted by atomic mass is 16.2. The van der Waals surface area contributed by atoms with Crippen LogP contribution in [0.1, 0.15) is 43.6 Å². The topological polar surface area (TPSA) is 54.5 Å². The summed E-state index contributed by atoms with van der Waals surface area (Å²) in [5.41, 5.74) is 7.22. The van der Waals surface area contributed by atoms with Crippen LogP contribution in [0.25, 0.3) is 0 Å². The van der Waals surface area contributed by atoms with Gasteiger partial charge in [0.25, 0.3) is 5.91 Å². The normalized spacial score (nSPS) is 19.1. The number of carbonyl (C=O) groups excluding carboxylic acids is 1. The molecule has 1 aromatic rings. The van der Waals surface area contributed by atoms with E-state index in [1.165, 1.54) is 12.8 Å². The zero-order valence-electron chi connectivity index (χ0n) is 13.5. The fourth-order valence-corrected chi connectivity index (χ4v) is 3.25. The van der Waals surface area contributed by atoms with Gasteiger partial charge in [-0.1, -0.05) is 13.8 Å². The van der Waals surface area contributed by atoms with E-state index in [9.17, 15) is 4.79 Å². The summed E-state index contributed by atoms with van der Waals surface area (Å²) < 4.78 is 1.97. The number of likely N-dealkylation sites (tertiary alicyclic amines) is 1. The van der Waals surface area contributed by atoms with Crippen LogP contribution < -0.4 is 5.73 Å². The van der Waals surface area contributed by atoms with Crippen molar-refractivity contribution in [3.8, 4) is 0 Å². The summed E-state index contributed by atoms with van der Waals surface area (Å²) in [6.07, 6.45) is 5.27. The predicted octanol–water partition coefficient (Wildman–Crippen LogP) is 2.04. The first kappa shape index (κ1) is 15.9. The third kappa shape index (κ3) is 3.59. The minimum atomic E-state index is 0.0723. The number of nitrogens with zero attached hydrogens (tertiary/aromatic N) is 3. The molecule has 21 heavy (non-hydrogen) atoms. The Kier molecular flexibility index (Phi) is 5.28. The lowest BCUT2D eigenvalue weighted by molar-refractivity contribution is 0.0744. The van der Waals surface area contributed by atoms with Crippen molar-refractivity contribution in [1.29, 1.82) is 0 Å². The zero-order valence-corrected chi connectivity index (χ0v) is 13.5. The van der Waals surface area contributed by atoms with E-state index < -0.39 is 0 Å². The largest absolute Gasteiger partial charge is 0.397 e. The van der Waals surface area contributed by atoms with E-state index in [0.717, 1.165) is 32.6 Å². The molecule has 5 nitrogen and oxygen atoms in total. The van der Waals surface area contributed by atoms with Crippen molar-refractivity contribution in [2.45, 2.75) is 45.7 Å². The molecule has 0 saturated carbocycles. The van der Waals surface area contributed by atoms with E-state index in [4.69, 9.17) is 5.73 Å². The summed E-state index contributed by atoms with van der Waals surface area (Å²) in [5.74, 6) is 0.0723. The van der Waals surface area contributed by atoms with Gasteiger partial charge in [-0.3, -0.25) is 9.69 Å². The molecule has 1 atom stereocenters. The monoisotopic (exact) mass is 292 g/mol. The maximum absolute atomic E-state index is 12.7. The molecular formula is C16H28N4O. The van der Waals surface area contributed by atoms with Gasteiger partial charge in [-0.25, -0.2) is 0 Å². The molecule has 0 radical (unpaired) electrons. The first-order valence-electron chi connectivity index (χ1n) is 8.02. The average molecular weight is 292 g/mol. The quantitative estimate of drug-likeness (QED) is 0.873. The van der Waals surface area contributed by atoms with Crippen LogP contribution in [0.15, 0.2) is 12.3 Å². The van der Waals surface area contributed by atoms with Crippen molar-refractivity contribution in [3.05, 3.63) is 18.0 Å². The third-order valence-corrected chi connectivity index (χ3v) is 4.34. The molecule has 1 amide bonds. The van der Waals surface area contributed by atoms with E-state index in [0.29, 0.717) is 17.4 Å². The van der Waals surface area contributed by atoms with Crippen molar-refractivity contribution in [2.75, 3.05) is 32.4 Å². The maximum atomic E-state index is 12.7. The number of aromatic nitrogens is 1. The number of hydrogen-bond acceptors (Lipinski definition) is 3. The summed E-state index contributed by atoms with van der Waals surface area (Å²) in [6, 6.07) is 2.29. The van der Waals surface area contributed by atoms with Crippen LogP contribution >= 0.6 is 0 Å².